The standard InChI is InChI=1S/C14H27NO2/c1-5-7-8-13(6-2)15-10-12(14(16)17)9-11(3)4/h5,11-13,15H,1,6-10H2,2-4H3,(H,16,17). The van der Waals surface area contributed by atoms with Crippen LogP contribution in [0.4, 0.5) is 0 Å². The highest BCUT2D eigenvalue weighted by Crippen LogP contribution is 2.12. The Bertz CT molecular complexity index is 226. The zero-order chi connectivity index (χ0) is 13.3. The van der Waals surface area contributed by atoms with Crippen molar-refractivity contribution >= 4 is 5.97 Å². The second-order valence-electron chi connectivity index (χ2n) is 5.04. The molecule has 17 heavy (non-hydrogen) atoms. The molecule has 0 aliphatic heterocycles. The SMILES string of the molecule is C=CCCC(CC)NCC(CC(C)C)C(=O)O. The molecular formula is C14H27NO2. The lowest BCUT2D eigenvalue weighted by molar-refractivity contribution is -0.142. The molecule has 2 atom stereocenters. The summed E-state index contributed by atoms with van der Waals surface area (Å²) in [5, 5.41) is 12.5. The van der Waals surface area contributed by atoms with Crippen LogP contribution in [0.15, 0.2) is 12.7 Å². The highest BCUT2D eigenvalue weighted by Gasteiger charge is 2.19. The summed E-state index contributed by atoms with van der Waals surface area (Å²) in [6.07, 6.45) is 5.69. The molecule has 0 aliphatic carbocycles. The molecule has 3 nitrogen and oxygen atoms in total. The fourth-order valence-electron chi connectivity index (χ4n) is 1.92. The highest BCUT2D eigenvalue weighted by molar-refractivity contribution is 5.70. The van der Waals surface area contributed by atoms with Crippen LogP contribution in [0.2, 0.25) is 0 Å². The number of carboxylic acids is 1. The van der Waals surface area contributed by atoms with E-state index in [2.05, 4.69) is 32.7 Å². The number of allylic oxidation sites excluding steroid dienone is 1. The van der Waals surface area contributed by atoms with Crippen molar-refractivity contribution in [3.05, 3.63) is 12.7 Å². The summed E-state index contributed by atoms with van der Waals surface area (Å²) >= 11 is 0. The molecule has 0 aliphatic rings. The molecule has 2 N–H and O–H groups in total. The highest BCUT2D eigenvalue weighted by atomic mass is 16.4. The summed E-state index contributed by atoms with van der Waals surface area (Å²) in [7, 11) is 0. The third kappa shape index (κ3) is 7.97. The van der Waals surface area contributed by atoms with E-state index in [9.17, 15) is 4.79 Å². The molecule has 0 rings (SSSR count). The van der Waals surface area contributed by atoms with Gasteiger partial charge in [-0.1, -0.05) is 26.8 Å². The molecule has 100 valence electrons. The van der Waals surface area contributed by atoms with Crippen LogP contribution in [0, 0.1) is 11.8 Å². The Morgan fingerprint density at radius 1 is 1.47 bits per heavy atom. The van der Waals surface area contributed by atoms with Crippen molar-refractivity contribution in [1.82, 2.24) is 5.32 Å². The van der Waals surface area contributed by atoms with E-state index in [1.807, 2.05) is 6.08 Å². The molecule has 3 heteroatoms. The van der Waals surface area contributed by atoms with Crippen molar-refractivity contribution in [1.29, 1.82) is 0 Å². The predicted molar refractivity (Wildman–Crippen MR) is 72.1 cm³/mol. The Hall–Kier alpha value is -0.830. The van der Waals surface area contributed by atoms with Gasteiger partial charge in [0.05, 0.1) is 5.92 Å². The fourth-order valence-corrected chi connectivity index (χ4v) is 1.92. The summed E-state index contributed by atoms with van der Waals surface area (Å²) in [4.78, 5) is 11.1. The number of carboxylic acid groups (broad SMARTS) is 1. The van der Waals surface area contributed by atoms with E-state index in [0.717, 1.165) is 25.7 Å². The number of hydrogen-bond acceptors (Lipinski definition) is 2. The average Bonchev–Trinajstić information content (AvgIpc) is 2.26. The van der Waals surface area contributed by atoms with Crippen LogP contribution in [0.3, 0.4) is 0 Å². The van der Waals surface area contributed by atoms with Gasteiger partial charge in [-0.3, -0.25) is 4.79 Å². The average molecular weight is 241 g/mol. The van der Waals surface area contributed by atoms with Crippen LogP contribution in [0.1, 0.15) is 46.5 Å². The maximum absolute atomic E-state index is 11.1. The summed E-state index contributed by atoms with van der Waals surface area (Å²) in [6.45, 7) is 10.5. The minimum absolute atomic E-state index is 0.271. The third-order valence-electron chi connectivity index (χ3n) is 2.97. The van der Waals surface area contributed by atoms with Gasteiger partial charge in [0.25, 0.3) is 0 Å². The third-order valence-corrected chi connectivity index (χ3v) is 2.97. The Labute approximate surface area is 105 Å². The van der Waals surface area contributed by atoms with Crippen LogP contribution in [-0.4, -0.2) is 23.7 Å². The van der Waals surface area contributed by atoms with Crippen molar-refractivity contribution in [2.45, 2.75) is 52.5 Å². The lowest BCUT2D eigenvalue weighted by atomic mass is 9.96. The van der Waals surface area contributed by atoms with Crippen molar-refractivity contribution in [2.75, 3.05) is 6.54 Å². The normalized spacial score (nSPS) is 14.6. The number of hydrogen-bond donors (Lipinski definition) is 2. The largest absolute Gasteiger partial charge is 0.481 e. The Balaban J connectivity index is 4.07. The molecule has 0 aromatic carbocycles. The summed E-state index contributed by atoms with van der Waals surface area (Å²) in [6, 6.07) is 0.405. The lowest BCUT2D eigenvalue weighted by Crippen LogP contribution is -2.36. The van der Waals surface area contributed by atoms with E-state index >= 15 is 0 Å². The molecule has 0 radical (unpaired) electrons. The van der Waals surface area contributed by atoms with Crippen LogP contribution in [-0.2, 0) is 4.79 Å². The van der Waals surface area contributed by atoms with E-state index in [-0.39, 0.29) is 5.92 Å². The predicted octanol–water partition coefficient (Wildman–Crippen LogP) is 3.07. The lowest BCUT2D eigenvalue weighted by Gasteiger charge is -2.20. The molecule has 0 aromatic heterocycles. The van der Waals surface area contributed by atoms with Gasteiger partial charge in [-0.05, 0) is 31.6 Å². The van der Waals surface area contributed by atoms with Gasteiger partial charge in [0.1, 0.15) is 0 Å². The van der Waals surface area contributed by atoms with Gasteiger partial charge >= 0.3 is 5.97 Å². The van der Waals surface area contributed by atoms with Gasteiger partial charge in [-0.2, -0.15) is 0 Å². The molecule has 0 saturated carbocycles. The summed E-state index contributed by atoms with van der Waals surface area (Å²) in [5.74, 6) is -0.538. The van der Waals surface area contributed by atoms with E-state index in [1.54, 1.807) is 0 Å². The zero-order valence-corrected chi connectivity index (χ0v) is 11.4. The maximum atomic E-state index is 11.1. The van der Waals surface area contributed by atoms with Gasteiger partial charge < -0.3 is 10.4 Å². The number of rotatable bonds is 10. The van der Waals surface area contributed by atoms with Crippen LogP contribution < -0.4 is 5.32 Å². The monoisotopic (exact) mass is 241 g/mol. The molecule has 2 unspecified atom stereocenters. The van der Waals surface area contributed by atoms with Crippen molar-refractivity contribution in [3.8, 4) is 0 Å². The second-order valence-corrected chi connectivity index (χ2v) is 5.04. The molecule has 0 fully saturated rings. The molecule has 0 aromatic rings. The van der Waals surface area contributed by atoms with Gasteiger partial charge in [0.2, 0.25) is 0 Å². The quantitative estimate of drug-likeness (QED) is 0.578. The first-order valence-electron chi connectivity index (χ1n) is 6.58. The Morgan fingerprint density at radius 3 is 2.53 bits per heavy atom. The minimum Gasteiger partial charge on any atom is -0.481 e. The van der Waals surface area contributed by atoms with Gasteiger partial charge in [0, 0.05) is 12.6 Å². The molecule has 0 heterocycles. The maximum Gasteiger partial charge on any atom is 0.307 e. The van der Waals surface area contributed by atoms with E-state index in [1.165, 1.54) is 0 Å². The van der Waals surface area contributed by atoms with Crippen LogP contribution >= 0.6 is 0 Å². The van der Waals surface area contributed by atoms with Crippen LogP contribution in [0.5, 0.6) is 0 Å². The van der Waals surface area contributed by atoms with Gasteiger partial charge in [-0.15, -0.1) is 6.58 Å². The van der Waals surface area contributed by atoms with Crippen molar-refractivity contribution in [3.63, 3.8) is 0 Å². The van der Waals surface area contributed by atoms with Crippen molar-refractivity contribution < 1.29 is 9.90 Å². The summed E-state index contributed by atoms with van der Waals surface area (Å²) < 4.78 is 0. The minimum atomic E-state index is -0.690. The topological polar surface area (TPSA) is 49.3 Å². The van der Waals surface area contributed by atoms with E-state index in [4.69, 9.17) is 5.11 Å². The molecule has 0 bridgehead atoms. The number of carbonyl (C=O) groups is 1. The first-order chi connectivity index (χ1) is 8.01. The summed E-state index contributed by atoms with van der Waals surface area (Å²) in [5.41, 5.74) is 0. The van der Waals surface area contributed by atoms with E-state index < -0.39 is 5.97 Å². The van der Waals surface area contributed by atoms with Gasteiger partial charge in [0.15, 0.2) is 0 Å². The first kappa shape index (κ1) is 16.2. The fraction of sp³-hybridized carbons (Fsp3) is 0.786. The second kappa shape index (κ2) is 9.23. The molecule has 0 amide bonds. The smallest absolute Gasteiger partial charge is 0.307 e. The molecule has 0 spiro atoms. The number of aliphatic carboxylic acids is 1. The van der Waals surface area contributed by atoms with Gasteiger partial charge in [-0.25, -0.2) is 0 Å². The molecule has 0 saturated heterocycles. The number of nitrogens with one attached hydrogen (secondary N) is 1. The van der Waals surface area contributed by atoms with E-state index in [0.29, 0.717) is 18.5 Å². The first-order valence-corrected chi connectivity index (χ1v) is 6.58. The van der Waals surface area contributed by atoms with Crippen molar-refractivity contribution in [2.24, 2.45) is 11.8 Å². The molecular weight excluding hydrogens is 214 g/mol. The Kier molecular flexibility index (Phi) is 8.78. The van der Waals surface area contributed by atoms with Crippen LogP contribution in [0.25, 0.3) is 0 Å². The zero-order valence-electron chi connectivity index (χ0n) is 11.4. The Morgan fingerprint density at radius 2 is 2.12 bits per heavy atom.